The zero-order chi connectivity index (χ0) is 13.1. The Hall–Kier alpha value is -0.200. The molecule has 1 aromatic rings. The van der Waals surface area contributed by atoms with E-state index in [2.05, 4.69) is 21.7 Å². The van der Waals surface area contributed by atoms with Crippen LogP contribution in [0.1, 0.15) is 18.7 Å². The van der Waals surface area contributed by atoms with E-state index in [1.807, 2.05) is 13.1 Å². The molecule has 2 heterocycles. The summed E-state index contributed by atoms with van der Waals surface area (Å²) in [6.07, 6.45) is 1.61. The normalized spacial score (nSPS) is 24.3. The summed E-state index contributed by atoms with van der Waals surface area (Å²) < 4.78 is 0.616. The quantitative estimate of drug-likeness (QED) is 0.916. The fraction of sp³-hybridized carbons (Fsp3) is 0.750. The lowest BCUT2D eigenvalue weighted by atomic mass is 10.1. The van der Waals surface area contributed by atoms with Crippen LogP contribution in [-0.4, -0.2) is 58.2 Å². The van der Waals surface area contributed by atoms with Crippen molar-refractivity contribution >= 4 is 22.9 Å². The summed E-state index contributed by atoms with van der Waals surface area (Å²) in [4.78, 5) is 10.1. The number of aliphatic hydroxyl groups is 1. The van der Waals surface area contributed by atoms with Crippen molar-refractivity contribution in [1.82, 2.24) is 14.8 Å². The Bertz CT molecular complexity index is 385. The number of rotatable bonds is 4. The van der Waals surface area contributed by atoms with Crippen molar-refractivity contribution in [3.05, 3.63) is 15.5 Å². The number of β-amino-alcohol motifs (C(OH)–C–C–N with tert-alkyl or cyclic N) is 1. The van der Waals surface area contributed by atoms with Crippen LogP contribution in [0.5, 0.6) is 0 Å². The van der Waals surface area contributed by atoms with Gasteiger partial charge in [-0.25, -0.2) is 4.98 Å². The highest BCUT2D eigenvalue weighted by Gasteiger charge is 2.24. The van der Waals surface area contributed by atoms with E-state index in [1.165, 1.54) is 4.88 Å². The Morgan fingerprint density at radius 3 is 2.94 bits per heavy atom. The summed E-state index contributed by atoms with van der Waals surface area (Å²) in [6.45, 7) is 8.83. The number of aliphatic hydroxyl groups excluding tert-OH is 1. The van der Waals surface area contributed by atoms with Gasteiger partial charge in [-0.15, -0.1) is 11.3 Å². The molecule has 1 N–H and O–H groups in total. The third-order valence-corrected chi connectivity index (χ3v) is 4.35. The first-order valence-corrected chi connectivity index (χ1v) is 7.48. The van der Waals surface area contributed by atoms with Gasteiger partial charge >= 0.3 is 0 Å². The molecule has 0 bridgehead atoms. The van der Waals surface area contributed by atoms with Crippen LogP contribution < -0.4 is 0 Å². The van der Waals surface area contributed by atoms with Crippen molar-refractivity contribution in [2.24, 2.45) is 0 Å². The lowest BCUT2D eigenvalue weighted by molar-refractivity contribution is 0.0426. The Kier molecular flexibility index (Phi) is 4.98. The highest BCUT2D eigenvalue weighted by atomic mass is 35.5. The highest BCUT2D eigenvalue weighted by Crippen LogP contribution is 2.20. The van der Waals surface area contributed by atoms with Gasteiger partial charge in [0.2, 0.25) is 0 Å². The van der Waals surface area contributed by atoms with E-state index in [9.17, 15) is 5.11 Å². The molecule has 1 saturated heterocycles. The van der Waals surface area contributed by atoms with Crippen molar-refractivity contribution in [1.29, 1.82) is 0 Å². The van der Waals surface area contributed by atoms with E-state index in [0.717, 1.165) is 32.7 Å². The first-order valence-electron chi connectivity index (χ1n) is 6.29. The monoisotopic (exact) mass is 289 g/mol. The van der Waals surface area contributed by atoms with Gasteiger partial charge in [0, 0.05) is 49.8 Å². The molecule has 2 unspecified atom stereocenters. The van der Waals surface area contributed by atoms with Gasteiger partial charge in [0.1, 0.15) is 0 Å². The number of hydrogen-bond acceptors (Lipinski definition) is 5. The molecule has 2 rings (SSSR count). The topological polar surface area (TPSA) is 39.6 Å². The minimum Gasteiger partial charge on any atom is -0.392 e. The second-order valence-corrected chi connectivity index (χ2v) is 6.70. The van der Waals surface area contributed by atoms with E-state index < -0.39 is 0 Å². The van der Waals surface area contributed by atoms with Gasteiger partial charge in [-0.1, -0.05) is 11.6 Å². The van der Waals surface area contributed by atoms with Gasteiger partial charge in [0.15, 0.2) is 4.47 Å². The average Bonchev–Trinajstić information content (AvgIpc) is 2.68. The maximum absolute atomic E-state index is 9.45. The fourth-order valence-electron chi connectivity index (χ4n) is 2.40. The number of halogens is 1. The molecule has 102 valence electrons. The Morgan fingerprint density at radius 1 is 1.61 bits per heavy atom. The van der Waals surface area contributed by atoms with Gasteiger partial charge in [0.05, 0.1) is 6.10 Å². The Labute approximate surface area is 117 Å². The van der Waals surface area contributed by atoms with Crippen molar-refractivity contribution in [2.75, 3.05) is 26.2 Å². The number of nitrogens with zero attached hydrogens (tertiary/aromatic N) is 3. The molecule has 0 spiro atoms. The molecular weight excluding hydrogens is 270 g/mol. The van der Waals surface area contributed by atoms with Crippen molar-refractivity contribution in [2.45, 2.75) is 32.5 Å². The van der Waals surface area contributed by atoms with Crippen LogP contribution in [0.25, 0.3) is 0 Å². The van der Waals surface area contributed by atoms with Gasteiger partial charge in [-0.3, -0.25) is 9.80 Å². The third kappa shape index (κ3) is 3.90. The lowest BCUT2D eigenvalue weighted by Gasteiger charge is -2.40. The van der Waals surface area contributed by atoms with Crippen LogP contribution in [0.2, 0.25) is 4.47 Å². The molecule has 6 heteroatoms. The van der Waals surface area contributed by atoms with Gasteiger partial charge in [-0.05, 0) is 13.8 Å². The highest BCUT2D eigenvalue weighted by molar-refractivity contribution is 7.15. The molecule has 0 saturated carbocycles. The average molecular weight is 290 g/mol. The molecule has 2 atom stereocenters. The molecule has 1 fully saturated rings. The van der Waals surface area contributed by atoms with Crippen molar-refractivity contribution in [3.63, 3.8) is 0 Å². The standard InChI is InChI=1S/C12H20ClN3OS/c1-9-6-15(3-4-16(9)7-10(2)17)8-11-5-14-12(13)18-11/h5,9-10,17H,3-4,6-8H2,1-2H3. The maximum Gasteiger partial charge on any atom is 0.183 e. The van der Waals surface area contributed by atoms with Crippen LogP contribution in [0.4, 0.5) is 0 Å². The van der Waals surface area contributed by atoms with Crippen molar-refractivity contribution in [3.8, 4) is 0 Å². The third-order valence-electron chi connectivity index (χ3n) is 3.25. The number of piperazine rings is 1. The minimum atomic E-state index is -0.251. The van der Waals surface area contributed by atoms with E-state index in [0.29, 0.717) is 10.5 Å². The van der Waals surface area contributed by atoms with Crippen LogP contribution in [0.15, 0.2) is 6.20 Å². The van der Waals surface area contributed by atoms with Crippen LogP contribution in [0, 0.1) is 0 Å². The van der Waals surface area contributed by atoms with E-state index in [-0.39, 0.29) is 6.10 Å². The predicted octanol–water partition coefficient (Wildman–Crippen LogP) is 1.68. The molecule has 18 heavy (non-hydrogen) atoms. The lowest BCUT2D eigenvalue weighted by Crippen LogP contribution is -2.52. The molecule has 4 nitrogen and oxygen atoms in total. The minimum absolute atomic E-state index is 0.251. The van der Waals surface area contributed by atoms with E-state index in [4.69, 9.17) is 11.6 Å². The SMILES string of the molecule is CC(O)CN1CCN(Cc2cnc(Cl)s2)CC1C. The van der Waals surface area contributed by atoms with Crippen LogP contribution >= 0.6 is 22.9 Å². The molecule has 0 amide bonds. The number of hydrogen-bond donors (Lipinski definition) is 1. The molecule has 0 radical (unpaired) electrons. The zero-order valence-electron chi connectivity index (χ0n) is 10.8. The number of aromatic nitrogens is 1. The Morgan fingerprint density at radius 2 is 2.39 bits per heavy atom. The molecule has 1 aliphatic heterocycles. The van der Waals surface area contributed by atoms with Crippen molar-refractivity contribution < 1.29 is 5.11 Å². The summed E-state index contributed by atoms with van der Waals surface area (Å²) in [5.74, 6) is 0. The summed E-state index contributed by atoms with van der Waals surface area (Å²) in [5.41, 5.74) is 0. The van der Waals surface area contributed by atoms with Gasteiger partial charge < -0.3 is 5.11 Å². The van der Waals surface area contributed by atoms with E-state index >= 15 is 0 Å². The molecule has 0 aromatic carbocycles. The zero-order valence-corrected chi connectivity index (χ0v) is 12.4. The summed E-state index contributed by atoms with van der Waals surface area (Å²) in [7, 11) is 0. The van der Waals surface area contributed by atoms with Gasteiger partial charge in [0.25, 0.3) is 0 Å². The van der Waals surface area contributed by atoms with Gasteiger partial charge in [-0.2, -0.15) is 0 Å². The first-order chi connectivity index (χ1) is 8.54. The fourth-order valence-corrected chi connectivity index (χ4v) is 3.42. The maximum atomic E-state index is 9.45. The smallest absolute Gasteiger partial charge is 0.183 e. The second-order valence-electron chi connectivity index (χ2n) is 5.01. The van der Waals surface area contributed by atoms with E-state index in [1.54, 1.807) is 11.3 Å². The van der Waals surface area contributed by atoms with Crippen LogP contribution in [-0.2, 0) is 6.54 Å². The second kappa shape index (κ2) is 6.30. The molecule has 1 aromatic heterocycles. The Balaban J connectivity index is 1.84. The summed E-state index contributed by atoms with van der Waals surface area (Å²) in [5, 5.41) is 9.45. The largest absolute Gasteiger partial charge is 0.392 e. The summed E-state index contributed by atoms with van der Waals surface area (Å²) >= 11 is 7.39. The summed E-state index contributed by atoms with van der Waals surface area (Å²) in [6, 6.07) is 0.483. The van der Waals surface area contributed by atoms with Crippen LogP contribution in [0.3, 0.4) is 0 Å². The molecule has 0 aliphatic carbocycles. The first kappa shape index (κ1) is 14.2. The predicted molar refractivity (Wildman–Crippen MR) is 75.1 cm³/mol. The molecular formula is C12H20ClN3OS. The molecule has 1 aliphatic rings. The number of thiazole rings is 1.